The van der Waals surface area contributed by atoms with E-state index in [1.54, 1.807) is 10.8 Å². The van der Waals surface area contributed by atoms with E-state index in [9.17, 15) is 27.5 Å². The number of anilines is 2. The predicted molar refractivity (Wildman–Crippen MR) is 151 cm³/mol. The second-order valence-electron chi connectivity index (χ2n) is 9.30. The van der Waals surface area contributed by atoms with Crippen molar-refractivity contribution in [1.29, 1.82) is 0 Å². The summed E-state index contributed by atoms with van der Waals surface area (Å²) < 4.78 is 40.0. The molecule has 40 heavy (non-hydrogen) atoms. The van der Waals surface area contributed by atoms with Crippen LogP contribution in [0.25, 0.3) is 16.6 Å². The van der Waals surface area contributed by atoms with E-state index in [2.05, 4.69) is 20.5 Å². The van der Waals surface area contributed by atoms with Crippen LogP contribution in [0.15, 0.2) is 63.7 Å². The van der Waals surface area contributed by atoms with E-state index in [1.807, 2.05) is 12.1 Å². The minimum Gasteiger partial charge on any atom is -0.494 e. The van der Waals surface area contributed by atoms with E-state index >= 15 is 0 Å². The molecule has 0 aliphatic carbocycles. The van der Waals surface area contributed by atoms with E-state index in [-0.39, 0.29) is 21.6 Å². The fraction of sp³-hybridized carbons (Fsp3) is 0.269. The number of hydrogen-bond donors (Lipinski definition) is 4. The monoisotopic (exact) mass is 586 g/mol. The Kier molecular flexibility index (Phi) is 8.00. The molecule has 0 bridgehead atoms. The highest BCUT2D eigenvalue weighted by molar-refractivity contribution is 7.92. The van der Waals surface area contributed by atoms with Crippen molar-refractivity contribution in [2.24, 2.45) is 0 Å². The summed E-state index contributed by atoms with van der Waals surface area (Å²) in [7, 11) is -4.24. The van der Waals surface area contributed by atoms with Gasteiger partial charge in [0.15, 0.2) is 5.13 Å². The number of sulfonamides is 1. The first-order valence-corrected chi connectivity index (χ1v) is 14.9. The molecule has 14 heteroatoms. The van der Waals surface area contributed by atoms with E-state index in [1.165, 1.54) is 37.2 Å². The number of aromatic nitrogens is 2. The lowest BCUT2D eigenvalue weighted by Crippen LogP contribution is -2.34. The van der Waals surface area contributed by atoms with Crippen LogP contribution in [-0.2, 0) is 10.0 Å². The Morgan fingerprint density at radius 3 is 2.55 bits per heavy atom. The Hall–Kier alpha value is -4.01. The van der Waals surface area contributed by atoms with Gasteiger partial charge in [-0.3, -0.25) is 4.79 Å². The van der Waals surface area contributed by atoms with Crippen molar-refractivity contribution in [2.45, 2.75) is 23.5 Å². The molecular weight excluding hydrogens is 559 g/mol. The Morgan fingerprint density at radius 1 is 1.07 bits per heavy atom. The molecule has 4 N–H and O–H groups in total. The fourth-order valence-corrected chi connectivity index (χ4v) is 6.45. The smallest absolute Gasteiger partial charge is 0.333 e. The number of likely N-dealkylation sites (tertiary alicyclic amines) is 1. The van der Waals surface area contributed by atoms with Gasteiger partial charge in [0.2, 0.25) is 5.88 Å². The van der Waals surface area contributed by atoms with Gasteiger partial charge in [0.05, 0.1) is 11.9 Å². The lowest BCUT2D eigenvalue weighted by atomic mass is 10.1. The van der Waals surface area contributed by atoms with Crippen LogP contribution in [0, 0.1) is 5.13 Å². The second kappa shape index (κ2) is 11.6. The second-order valence-corrected chi connectivity index (χ2v) is 12.2. The standard InChI is InChI=1S/C26H27FN6O5S2/c27-21-7-9-24(39-21)40(37,38)31-26(36)30-19-5-8-22(29-16-19)33-23(34)15-17-14-18(4-6-20(17)25(33)35)28-10-3-13-32-11-1-2-12-32/h4-9,14-16,28,35H,1-3,10-13H2,(H2,30,31,36). The number of nitrogens with one attached hydrogen (secondary N) is 3. The molecule has 1 saturated heterocycles. The number of fused-ring (bicyclic) bond motifs is 1. The average Bonchev–Trinajstić information content (AvgIpc) is 3.59. The summed E-state index contributed by atoms with van der Waals surface area (Å²) in [4.78, 5) is 31.6. The number of rotatable bonds is 9. The van der Waals surface area contributed by atoms with Crippen LogP contribution in [0.2, 0.25) is 0 Å². The number of halogens is 1. The quantitative estimate of drug-likeness (QED) is 0.217. The summed E-state index contributed by atoms with van der Waals surface area (Å²) in [5, 5.41) is 16.9. The molecule has 11 nitrogen and oxygen atoms in total. The third-order valence-electron chi connectivity index (χ3n) is 6.46. The van der Waals surface area contributed by atoms with Crippen LogP contribution in [0.5, 0.6) is 5.88 Å². The molecule has 0 atom stereocenters. The van der Waals surface area contributed by atoms with Crippen molar-refractivity contribution in [2.75, 3.05) is 36.8 Å². The number of benzene rings is 1. The van der Waals surface area contributed by atoms with Gasteiger partial charge < -0.3 is 20.6 Å². The maximum atomic E-state index is 13.2. The zero-order valence-electron chi connectivity index (χ0n) is 21.3. The molecule has 4 heterocycles. The molecule has 210 valence electrons. The van der Waals surface area contributed by atoms with Gasteiger partial charge in [-0.1, -0.05) is 11.3 Å². The maximum Gasteiger partial charge on any atom is 0.333 e. The summed E-state index contributed by atoms with van der Waals surface area (Å²) in [6.45, 7) is 4.17. The van der Waals surface area contributed by atoms with Crippen molar-refractivity contribution >= 4 is 49.5 Å². The molecule has 1 aliphatic heterocycles. The Labute approximate surface area is 233 Å². The van der Waals surface area contributed by atoms with Crippen molar-refractivity contribution in [3.8, 4) is 11.7 Å². The maximum absolute atomic E-state index is 13.2. The molecule has 4 aromatic rings. The Bertz CT molecular complexity index is 1700. The van der Waals surface area contributed by atoms with E-state index in [0.717, 1.165) is 55.0 Å². The lowest BCUT2D eigenvalue weighted by Gasteiger charge is -2.15. The normalized spacial score (nSPS) is 13.9. The summed E-state index contributed by atoms with van der Waals surface area (Å²) >= 11 is 0.384. The first-order valence-electron chi connectivity index (χ1n) is 12.6. The molecule has 1 aliphatic rings. The van der Waals surface area contributed by atoms with Gasteiger partial charge in [0.25, 0.3) is 15.6 Å². The van der Waals surface area contributed by atoms with Crippen LogP contribution >= 0.6 is 11.3 Å². The van der Waals surface area contributed by atoms with Gasteiger partial charge in [-0.2, -0.15) is 4.39 Å². The zero-order chi connectivity index (χ0) is 28.3. The molecule has 0 radical (unpaired) electrons. The summed E-state index contributed by atoms with van der Waals surface area (Å²) in [5.41, 5.74) is 0.475. The molecule has 1 fully saturated rings. The molecule has 2 amide bonds. The average molecular weight is 587 g/mol. The number of carbonyl (C=O) groups is 1. The molecular formula is C26H27FN6O5S2. The molecule has 0 saturated carbocycles. The van der Waals surface area contributed by atoms with Crippen molar-refractivity contribution in [3.63, 3.8) is 0 Å². The summed E-state index contributed by atoms with van der Waals surface area (Å²) in [6, 6.07) is 10.5. The first kappa shape index (κ1) is 27.6. The fourth-order valence-electron chi connectivity index (χ4n) is 4.54. The highest BCUT2D eigenvalue weighted by Gasteiger charge is 2.20. The summed E-state index contributed by atoms with van der Waals surface area (Å²) in [6.07, 6.45) is 4.74. The number of urea groups is 1. The van der Waals surface area contributed by atoms with E-state index in [0.29, 0.717) is 22.1 Å². The minimum absolute atomic E-state index is 0.0983. The van der Waals surface area contributed by atoms with Gasteiger partial charge in [0, 0.05) is 23.7 Å². The lowest BCUT2D eigenvalue weighted by molar-refractivity contribution is 0.256. The zero-order valence-corrected chi connectivity index (χ0v) is 22.9. The van der Waals surface area contributed by atoms with E-state index in [4.69, 9.17) is 0 Å². The van der Waals surface area contributed by atoms with Crippen LogP contribution < -0.4 is 20.9 Å². The molecule has 0 spiro atoms. The SMILES string of the molecule is O=C(Nc1ccc(-n2c(O)c3ccc(NCCCN4CCCC4)cc3cc2=O)nc1)NS(=O)(=O)c1ccc(F)s1. The number of hydrogen-bond acceptors (Lipinski definition) is 9. The Morgan fingerprint density at radius 2 is 1.85 bits per heavy atom. The van der Waals surface area contributed by atoms with Crippen molar-refractivity contribution in [3.05, 3.63) is 70.2 Å². The topological polar surface area (TPSA) is 146 Å². The van der Waals surface area contributed by atoms with Crippen LogP contribution in [0.1, 0.15) is 19.3 Å². The number of aromatic hydroxyl groups is 1. The molecule has 1 aromatic carbocycles. The number of carbonyl (C=O) groups excluding carboxylic acids is 1. The van der Waals surface area contributed by atoms with Gasteiger partial charge in [0.1, 0.15) is 10.0 Å². The third-order valence-corrected chi connectivity index (χ3v) is 9.15. The van der Waals surface area contributed by atoms with Crippen molar-refractivity contribution in [1.82, 2.24) is 19.2 Å². The summed E-state index contributed by atoms with van der Waals surface area (Å²) in [5.74, 6) is -0.190. The first-order chi connectivity index (χ1) is 19.2. The number of nitrogens with zero attached hydrogens (tertiary/aromatic N) is 3. The number of thiophene rings is 1. The van der Waals surface area contributed by atoms with Crippen molar-refractivity contribution < 1.29 is 22.7 Å². The van der Waals surface area contributed by atoms with Crippen LogP contribution in [0.3, 0.4) is 0 Å². The molecule has 0 unspecified atom stereocenters. The Balaban J connectivity index is 1.25. The predicted octanol–water partition coefficient (Wildman–Crippen LogP) is 3.70. The largest absolute Gasteiger partial charge is 0.494 e. The van der Waals surface area contributed by atoms with E-state index < -0.39 is 26.7 Å². The van der Waals surface area contributed by atoms with Crippen LogP contribution in [0.4, 0.5) is 20.6 Å². The highest BCUT2D eigenvalue weighted by Crippen LogP contribution is 2.27. The third kappa shape index (κ3) is 6.24. The number of amides is 2. The molecule has 5 rings (SSSR count). The van der Waals surface area contributed by atoms with Gasteiger partial charge in [-0.15, -0.1) is 0 Å². The van der Waals surface area contributed by atoms with Gasteiger partial charge in [-0.25, -0.2) is 27.5 Å². The minimum atomic E-state index is -4.24. The number of pyridine rings is 2. The highest BCUT2D eigenvalue weighted by atomic mass is 32.2. The van der Waals surface area contributed by atoms with Crippen LogP contribution in [-0.4, -0.2) is 60.2 Å². The van der Waals surface area contributed by atoms with Gasteiger partial charge in [-0.05, 0) is 86.7 Å². The molecule has 3 aromatic heterocycles. The van der Waals surface area contributed by atoms with Gasteiger partial charge >= 0.3 is 6.03 Å².